The van der Waals surface area contributed by atoms with Gasteiger partial charge in [-0.15, -0.1) is 0 Å². The van der Waals surface area contributed by atoms with E-state index < -0.39 is 10.0 Å². The molecule has 0 unspecified atom stereocenters. The number of rotatable bonds is 6. The van der Waals surface area contributed by atoms with Crippen molar-refractivity contribution in [2.75, 3.05) is 26.2 Å². The molecule has 2 aliphatic rings. The Morgan fingerprint density at radius 1 is 1.13 bits per heavy atom. The number of halogens is 2. The van der Waals surface area contributed by atoms with Gasteiger partial charge in [-0.2, -0.15) is 0 Å². The molecule has 0 bridgehead atoms. The van der Waals surface area contributed by atoms with Crippen LogP contribution in [0, 0.1) is 0 Å². The molecular formula is C20H22Cl2N4O3S. The number of piperazine rings is 1. The average molecular weight is 469 g/mol. The Kier molecular flexibility index (Phi) is 6.31. The summed E-state index contributed by atoms with van der Waals surface area (Å²) in [4.78, 5) is 21.0. The lowest BCUT2D eigenvalue weighted by Crippen LogP contribution is -2.48. The van der Waals surface area contributed by atoms with Crippen molar-refractivity contribution < 1.29 is 13.2 Å². The summed E-state index contributed by atoms with van der Waals surface area (Å²) in [7, 11) is -3.80. The smallest absolute Gasteiger partial charge is 0.255 e. The third kappa shape index (κ3) is 4.95. The fourth-order valence-corrected chi connectivity index (χ4v) is 5.57. The molecule has 7 nitrogen and oxygen atoms in total. The van der Waals surface area contributed by atoms with Crippen LogP contribution < -0.4 is 4.72 Å². The van der Waals surface area contributed by atoms with Crippen molar-refractivity contribution in [1.82, 2.24) is 19.5 Å². The van der Waals surface area contributed by atoms with Gasteiger partial charge in [0, 0.05) is 51.2 Å². The molecule has 0 atom stereocenters. The maximum atomic E-state index is 13.1. The van der Waals surface area contributed by atoms with Crippen LogP contribution in [0.1, 0.15) is 28.8 Å². The van der Waals surface area contributed by atoms with Crippen LogP contribution in [0.25, 0.3) is 0 Å². The van der Waals surface area contributed by atoms with Gasteiger partial charge in [0.2, 0.25) is 10.0 Å². The van der Waals surface area contributed by atoms with Gasteiger partial charge in [-0.3, -0.25) is 14.7 Å². The van der Waals surface area contributed by atoms with Crippen molar-refractivity contribution in [3.05, 3.63) is 57.8 Å². The highest BCUT2D eigenvalue weighted by molar-refractivity contribution is 7.89. The highest BCUT2D eigenvalue weighted by Gasteiger charge is 2.31. The third-order valence-corrected chi connectivity index (χ3v) is 7.53. The minimum Gasteiger partial charge on any atom is -0.336 e. The fraction of sp³-hybridized carbons (Fsp3) is 0.400. The van der Waals surface area contributed by atoms with E-state index in [-0.39, 0.29) is 32.5 Å². The predicted octanol–water partition coefficient (Wildman–Crippen LogP) is 2.79. The molecule has 1 amide bonds. The molecule has 0 radical (unpaired) electrons. The maximum absolute atomic E-state index is 13.1. The number of hydrogen-bond acceptors (Lipinski definition) is 5. The molecule has 0 spiro atoms. The number of carbonyl (C=O) groups is 1. The molecule has 4 rings (SSSR count). The van der Waals surface area contributed by atoms with Gasteiger partial charge in [0.15, 0.2) is 0 Å². The van der Waals surface area contributed by atoms with E-state index in [2.05, 4.69) is 14.6 Å². The minimum absolute atomic E-state index is 0.00555. The molecule has 2 fully saturated rings. The van der Waals surface area contributed by atoms with Gasteiger partial charge in [-0.1, -0.05) is 29.3 Å². The summed E-state index contributed by atoms with van der Waals surface area (Å²) in [5, 5.41) is 0.152. The van der Waals surface area contributed by atoms with Crippen molar-refractivity contribution in [2.24, 2.45) is 0 Å². The summed E-state index contributed by atoms with van der Waals surface area (Å²) in [5.41, 5.74) is 1.27. The fourth-order valence-electron chi connectivity index (χ4n) is 3.41. The Morgan fingerprint density at radius 3 is 2.50 bits per heavy atom. The first-order valence-corrected chi connectivity index (χ1v) is 12.0. The van der Waals surface area contributed by atoms with Crippen molar-refractivity contribution in [3.63, 3.8) is 0 Å². The number of benzene rings is 1. The van der Waals surface area contributed by atoms with E-state index in [9.17, 15) is 13.2 Å². The zero-order valence-corrected chi connectivity index (χ0v) is 18.6. The molecule has 30 heavy (non-hydrogen) atoms. The zero-order chi connectivity index (χ0) is 21.3. The van der Waals surface area contributed by atoms with Crippen LogP contribution in [0.3, 0.4) is 0 Å². The van der Waals surface area contributed by atoms with Crippen LogP contribution in [0.15, 0.2) is 41.6 Å². The van der Waals surface area contributed by atoms with E-state index in [1.54, 1.807) is 11.1 Å². The number of nitrogens with one attached hydrogen (secondary N) is 1. The second-order valence-electron chi connectivity index (χ2n) is 7.59. The topological polar surface area (TPSA) is 82.6 Å². The molecule has 1 aliphatic carbocycles. The number of amides is 1. The molecular weight excluding hydrogens is 447 g/mol. The van der Waals surface area contributed by atoms with Gasteiger partial charge in [-0.25, -0.2) is 13.1 Å². The average Bonchev–Trinajstić information content (AvgIpc) is 3.52. The molecule has 1 N–H and O–H groups in total. The summed E-state index contributed by atoms with van der Waals surface area (Å²) < 4.78 is 27.8. The number of sulfonamides is 1. The van der Waals surface area contributed by atoms with E-state index in [0.717, 1.165) is 24.9 Å². The Bertz CT molecular complexity index is 1040. The highest BCUT2D eigenvalue weighted by Crippen LogP contribution is 2.31. The van der Waals surface area contributed by atoms with Gasteiger partial charge < -0.3 is 4.90 Å². The van der Waals surface area contributed by atoms with E-state index in [1.807, 2.05) is 18.3 Å². The van der Waals surface area contributed by atoms with Crippen LogP contribution in [0.5, 0.6) is 0 Å². The quantitative estimate of drug-likeness (QED) is 0.704. The lowest BCUT2D eigenvalue weighted by molar-refractivity contribution is 0.0628. The monoisotopic (exact) mass is 468 g/mol. The molecule has 1 aromatic carbocycles. The van der Waals surface area contributed by atoms with Crippen LogP contribution in [-0.4, -0.2) is 61.3 Å². The maximum Gasteiger partial charge on any atom is 0.255 e. The van der Waals surface area contributed by atoms with Crippen molar-refractivity contribution >= 4 is 39.1 Å². The number of pyridine rings is 1. The number of hydrogen-bond donors (Lipinski definition) is 1. The molecule has 10 heteroatoms. The first kappa shape index (κ1) is 21.5. The first-order chi connectivity index (χ1) is 14.3. The number of nitrogens with zero attached hydrogens (tertiary/aromatic N) is 3. The molecule has 160 valence electrons. The number of carbonyl (C=O) groups excluding carboxylic acids is 1. The zero-order valence-electron chi connectivity index (χ0n) is 16.2. The largest absolute Gasteiger partial charge is 0.336 e. The first-order valence-electron chi connectivity index (χ1n) is 9.75. The van der Waals surface area contributed by atoms with E-state index in [1.165, 1.54) is 12.1 Å². The number of aromatic nitrogens is 1. The second-order valence-corrected chi connectivity index (χ2v) is 10.1. The summed E-state index contributed by atoms with van der Waals surface area (Å²) >= 11 is 12.4. The van der Waals surface area contributed by atoms with Gasteiger partial charge in [0.05, 0.1) is 15.6 Å². The Hall–Kier alpha value is -1.71. The van der Waals surface area contributed by atoms with Crippen LogP contribution in [-0.2, 0) is 16.6 Å². The molecule has 2 aromatic rings. The Balaban J connectivity index is 1.46. The van der Waals surface area contributed by atoms with Gasteiger partial charge >= 0.3 is 0 Å². The van der Waals surface area contributed by atoms with Crippen LogP contribution >= 0.6 is 23.2 Å². The second kappa shape index (κ2) is 8.80. The van der Waals surface area contributed by atoms with Crippen molar-refractivity contribution in [2.45, 2.75) is 30.3 Å². The molecule has 1 aromatic heterocycles. The standard InChI is InChI=1S/C20H22Cl2N4O3S/c21-17-11-18(22)19(30(28,29)24-15-3-4-15)10-16(17)20(27)26-8-6-25(7-9-26)13-14-2-1-5-23-12-14/h1-2,5,10-12,15,24H,3-4,6-9,13H2. The summed E-state index contributed by atoms with van der Waals surface area (Å²) in [6, 6.07) is 6.49. The van der Waals surface area contributed by atoms with Gasteiger partial charge in [0.1, 0.15) is 4.90 Å². The third-order valence-electron chi connectivity index (χ3n) is 5.23. The van der Waals surface area contributed by atoms with Crippen molar-refractivity contribution in [1.29, 1.82) is 0 Å². The lowest BCUT2D eigenvalue weighted by Gasteiger charge is -2.35. The van der Waals surface area contributed by atoms with E-state index in [4.69, 9.17) is 23.2 Å². The van der Waals surface area contributed by atoms with E-state index >= 15 is 0 Å². The van der Waals surface area contributed by atoms with Crippen LogP contribution in [0.2, 0.25) is 10.0 Å². The lowest BCUT2D eigenvalue weighted by atomic mass is 10.1. The summed E-state index contributed by atoms with van der Waals surface area (Å²) in [6.45, 7) is 3.24. The Morgan fingerprint density at radius 2 is 1.87 bits per heavy atom. The minimum atomic E-state index is -3.80. The van der Waals surface area contributed by atoms with Gasteiger partial charge in [-0.05, 0) is 36.6 Å². The van der Waals surface area contributed by atoms with Crippen LogP contribution in [0.4, 0.5) is 0 Å². The summed E-state index contributed by atoms with van der Waals surface area (Å²) in [6.07, 6.45) is 5.19. The summed E-state index contributed by atoms with van der Waals surface area (Å²) in [5.74, 6) is -0.291. The Labute approximate surface area is 186 Å². The predicted molar refractivity (Wildman–Crippen MR) is 115 cm³/mol. The molecule has 1 saturated carbocycles. The highest BCUT2D eigenvalue weighted by atomic mass is 35.5. The van der Waals surface area contributed by atoms with Crippen molar-refractivity contribution in [3.8, 4) is 0 Å². The van der Waals surface area contributed by atoms with Gasteiger partial charge in [0.25, 0.3) is 5.91 Å². The van der Waals surface area contributed by atoms with E-state index in [0.29, 0.717) is 26.2 Å². The normalized spacial score (nSPS) is 17.9. The SMILES string of the molecule is O=C(c1cc(S(=O)(=O)NC2CC2)c(Cl)cc1Cl)N1CCN(Cc2cccnc2)CC1. The molecule has 1 aliphatic heterocycles. The molecule has 1 saturated heterocycles. The molecule has 2 heterocycles.